The second-order valence-electron chi connectivity index (χ2n) is 4.09. The van der Waals surface area contributed by atoms with Gasteiger partial charge in [-0.3, -0.25) is 4.79 Å². The summed E-state index contributed by atoms with van der Waals surface area (Å²) in [6.45, 7) is 4.69. The maximum absolute atomic E-state index is 11.4. The van der Waals surface area contributed by atoms with E-state index >= 15 is 0 Å². The van der Waals surface area contributed by atoms with Gasteiger partial charge in [-0.2, -0.15) is 0 Å². The molecule has 3 N–H and O–H groups in total. The number of ether oxygens (including phenoxy) is 1. The van der Waals surface area contributed by atoms with Gasteiger partial charge >= 0.3 is 12.0 Å². The Bertz CT molecular complexity index is 264. The van der Waals surface area contributed by atoms with E-state index in [0.717, 1.165) is 13.0 Å². The molecule has 1 aliphatic rings. The third-order valence-electron chi connectivity index (χ3n) is 2.75. The van der Waals surface area contributed by atoms with E-state index in [9.17, 15) is 9.59 Å². The van der Waals surface area contributed by atoms with Gasteiger partial charge in [-0.05, 0) is 20.3 Å². The number of carbonyl (C=O) groups excluding carboxylic acids is 1. The van der Waals surface area contributed by atoms with Gasteiger partial charge < -0.3 is 20.5 Å². The van der Waals surface area contributed by atoms with Gasteiger partial charge in [-0.15, -0.1) is 0 Å². The molecule has 92 valence electrons. The molecule has 1 aliphatic heterocycles. The third kappa shape index (κ3) is 3.69. The van der Waals surface area contributed by atoms with Gasteiger partial charge in [0.05, 0.1) is 6.61 Å². The molecule has 1 heterocycles. The summed E-state index contributed by atoms with van der Waals surface area (Å²) < 4.78 is 5.21. The molecular formula is C10H18N2O4. The number of rotatable bonds is 4. The molecule has 3 atom stereocenters. The Morgan fingerprint density at radius 1 is 1.38 bits per heavy atom. The predicted molar refractivity (Wildman–Crippen MR) is 57.2 cm³/mol. The summed E-state index contributed by atoms with van der Waals surface area (Å²) in [7, 11) is 0. The van der Waals surface area contributed by atoms with Crippen molar-refractivity contribution < 1.29 is 19.4 Å². The minimum Gasteiger partial charge on any atom is -0.480 e. The first-order valence-corrected chi connectivity index (χ1v) is 5.38. The van der Waals surface area contributed by atoms with Gasteiger partial charge in [0, 0.05) is 18.6 Å². The molecule has 0 aromatic carbocycles. The molecule has 6 nitrogen and oxygen atoms in total. The molecule has 16 heavy (non-hydrogen) atoms. The van der Waals surface area contributed by atoms with Crippen molar-refractivity contribution in [2.24, 2.45) is 5.92 Å². The summed E-state index contributed by atoms with van der Waals surface area (Å²) in [5, 5.41) is 13.7. The zero-order chi connectivity index (χ0) is 12.1. The van der Waals surface area contributed by atoms with Crippen molar-refractivity contribution in [2.75, 3.05) is 13.2 Å². The second-order valence-corrected chi connectivity index (χ2v) is 4.09. The van der Waals surface area contributed by atoms with Crippen LogP contribution < -0.4 is 10.6 Å². The standard InChI is InChI=1S/C10H18N2O4/c1-6(8-3-4-16-5-8)11-10(15)12-7(2)9(13)14/h6-8H,3-5H2,1-2H3,(H,13,14)(H2,11,12,15)/t6?,7-,8?/m0/s1. The van der Waals surface area contributed by atoms with Crippen molar-refractivity contribution >= 4 is 12.0 Å². The van der Waals surface area contributed by atoms with Crippen LogP contribution in [0.5, 0.6) is 0 Å². The zero-order valence-corrected chi connectivity index (χ0v) is 9.53. The number of carboxylic acids is 1. The fourth-order valence-electron chi connectivity index (χ4n) is 1.57. The SMILES string of the molecule is CC(NC(=O)N[C@@H](C)C(=O)O)C1CCOC1. The van der Waals surface area contributed by atoms with Crippen molar-refractivity contribution in [2.45, 2.75) is 32.4 Å². The molecule has 2 unspecified atom stereocenters. The zero-order valence-electron chi connectivity index (χ0n) is 9.53. The van der Waals surface area contributed by atoms with Gasteiger partial charge in [-0.25, -0.2) is 4.79 Å². The summed E-state index contributed by atoms with van der Waals surface area (Å²) in [4.78, 5) is 21.9. The van der Waals surface area contributed by atoms with Crippen molar-refractivity contribution in [3.63, 3.8) is 0 Å². The van der Waals surface area contributed by atoms with Crippen molar-refractivity contribution in [3.8, 4) is 0 Å². The lowest BCUT2D eigenvalue weighted by Gasteiger charge is -2.20. The Labute approximate surface area is 94.3 Å². The topological polar surface area (TPSA) is 87.7 Å². The molecule has 0 aromatic heterocycles. The fraction of sp³-hybridized carbons (Fsp3) is 0.800. The van der Waals surface area contributed by atoms with Gasteiger partial charge in [0.15, 0.2) is 0 Å². The van der Waals surface area contributed by atoms with Crippen molar-refractivity contribution in [1.29, 1.82) is 0 Å². The van der Waals surface area contributed by atoms with Crippen LogP contribution in [-0.2, 0) is 9.53 Å². The molecule has 1 saturated heterocycles. The number of carboxylic acid groups (broad SMARTS) is 1. The van der Waals surface area contributed by atoms with Crippen LogP contribution in [0.1, 0.15) is 20.3 Å². The highest BCUT2D eigenvalue weighted by Gasteiger charge is 2.24. The van der Waals surface area contributed by atoms with Crippen LogP contribution in [0.4, 0.5) is 4.79 Å². The Kier molecular flexibility index (Phi) is 4.54. The van der Waals surface area contributed by atoms with E-state index in [4.69, 9.17) is 9.84 Å². The average Bonchev–Trinajstić information content (AvgIpc) is 2.69. The first kappa shape index (κ1) is 12.8. The highest BCUT2D eigenvalue weighted by molar-refractivity contribution is 5.82. The van der Waals surface area contributed by atoms with E-state index in [1.54, 1.807) is 0 Å². The molecule has 0 bridgehead atoms. The monoisotopic (exact) mass is 230 g/mol. The van der Waals surface area contributed by atoms with E-state index in [-0.39, 0.29) is 6.04 Å². The molecule has 0 aromatic rings. The summed E-state index contributed by atoms with van der Waals surface area (Å²) in [6, 6.07) is -1.34. The number of carbonyl (C=O) groups is 2. The summed E-state index contributed by atoms with van der Waals surface area (Å²) in [6.07, 6.45) is 0.927. The van der Waals surface area contributed by atoms with Crippen LogP contribution in [-0.4, -0.2) is 42.4 Å². The van der Waals surface area contributed by atoms with Crippen molar-refractivity contribution in [3.05, 3.63) is 0 Å². The molecule has 0 aliphatic carbocycles. The average molecular weight is 230 g/mol. The van der Waals surface area contributed by atoms with Crippen LogP contribution in [0.25, 0.3) is 0 Å². The highest BCUT2D eigenvalue weighted by atomic mass is 16.5. The lowest BCUT2D eigenvalue weighted by Crippen LogP contribution is -2.49. The Balaban J connectivity index is 2.30. The second kappa shape index (κ2) is 5.69. The number of hydrogen-bond donors (Lipinski definition) is 3. The number of amides is 2. The minimum atomic E-state index is -1.05. The lowest BCUT2D eigenvalue weighted by molar-refractivity contribution is -0.138. The molecule has 2 amide bonds. The molecule has 0 radical (unpaired) electrons. The number of nitrogens with one attached hydrogen (secondary N) is 2. The Morgan fingerprint density at radius 3 is 2.56 bits per heavy atom. The molecule has 1 fully saturated rings. The summed E-state index contributed by atoms with van der Waals surface area (Å²) in [5.74, 6) is -0.738. The third-order valence-corrected chi connectivity index (χ3v) is 2.75. The molecule has 0 spiro atoms. The van der Waals surface area contributed by atoms with Gasteiger partial charge in [0.25, 0.3) is 0 Å². The number of aliphatic carboxylic acids is 1. The largest absolute Gasteiger partial charge is 0.480 e. The van der Waals surface area contributed by atoms with Crippen LogP contribution in [0, 0.1) is 5.92 Å². The van der Waals surface area contributed by atoms with E-state index < -0.39 is 18.0 Å². The van der Waals surface area contributed by atoms with E-state index in [0.29, 0.717) is 12.5 Å². The van der Waals surface area contributed by atoms with Crippen LogP contribution >= 0.6 is 0 Å². The normalized spacial score (nSPS) is 23.5. The summed E-state index contributed by atoms with van der Waals surface area (Å²) in [5.41, 5.74) is 0. The first-order valence-electron chi connectivity index (χ1n) is 5.38. The maximum atomic E-state index is 11.4. The number of hydrogen-bond acceptors (Lipinski definition) is 3. The van der Waals surface area contributed by atoms with Gasteiger partial charge in [0.1, 0.15) is 6.04 Å². The summed E-state index contributed by atoms with van der Waals surface area (Å²) >= 11 is 0. The maximum Gasteiger partial charge on any atom is 0.325 e. The fourth-order valence-corrected chi connectivity index (χ4v) is 1.57. The van der Waals surface area contributed by atoms with E-state index in [1.807, 2.05) is 6.92 Å². The first-order chi connectivity index (χ1) is 7.50. The lowest BCUT2D eigenvalue weighted by atomic mass is 10.0. The predicted octanol–water partition coefficient (Wildman–Crippen LogP) is 0.184. The van der Waals surface area contributed by atoms with Crippen LogP contribution in [0.3, 0.4) is 0 Å². The van der Waals surface area contributed by atoms with Crippen LogP contribution in [0.15, 0.2) is 0 Å². The molecule has 6 heteroatoms. The molecule has 1 rings (SSSR count). The van der Waals surface area contributed by atoms with E-state index in [2.05, 4.69) is 10.6 Å². The Hall–Kier alpha value is -1.30. The van der Waals surface area contributed by atoms with Crippen molar-refractivity contribution in [1.82, 2.24) is 10.6 Å². The Morgan fingerprint density at radius 2 is 2.06 bits per heavy atom. The number of urea groups is 1. The smallest absolute Gasteiger partial charge is 0.325 e. The van der Waals surface area contributed by atoms with Crippen LogP contribution in [0.2, 0.25) is 0 Å². The van der Waals surface area contributed by atoms with Gasteiger partial charge in [-0.1, -0.05) is 0 Å². The van der Waals surface area contributed by atoms with E-state index in [1.165, 1.54) is 6.92 Å². The highest BCUT2D eigenvalue weighted by Crippen LogP contribution is 2.16. The molecule has 0 saturated carbocycles. The molecular weight excluding hydrogens is 212 g/mol. The minimum absolute atomic E-state index is 0.0107. The van der Waals surface area contributed by atoms with Gasteiger partial charge in [0.2, 0.25) is 0 Å². The quantitative estimate of drug-likeness (QED) is 0.643.